The Bertz CT molecular complexity index is 692. The molecule has 0 bridgehead atoms. The number of carbonyl (C=O) groups is 1. The molecule has 0 atom stereocenters. The maximum absolute atomic E-state index is 11.4. The molecule has 4 nitrogen and oxygen atoms in total. The number of halogens is 3. The summed E-state index contributed by atoms with van der Waals surface area (Å²) >= 11 is 15.5. The molecule has 0 aliphatic carbocycles. The minimum absolute atomic E-state index is 0.278. The molecule has 104 valence electrons. The van der Waals surface area contributed by atoms with Crippen LogP contribution in [0.25, 0.3) is 0 Å². The third kappa shape index (κ3) is 2.85. The number of nitrogens with one attached hydrogen (secondary N) is 1. The first-order valence-electron chi connectivity index (χ1n) is 5.50. The molecule has 0 unspecified atom stereocenters. The molecule has 0 aliphatic heterocycles. The molecule has 1 amide bonds. The summed E-state index contributed by atoms with van der Waals surface area (Å²) in [6.07, 6.45) is 0. The lowest BCUT2D eigenvalue weighted by molar-refractivity contribution is 0.100. The number of primary amides is 1. The molecule has 2 aromatic carbocycles. The van der Waals surface area contributed by atoms with Crippen molar-refractivity contribution in [1.29, 1.82) is 0 Å². The van der Waals surface area contributed by atoms with Gasteiger partial charge in [-0.2, -0.15) is 0 Å². The Labute approximate surface area is 134 Å². The van der Waals surface area contributed by atoms with Crippen LogP contribution in [0, 0.1) is 0 Å². The van der Waals surface area contributed by atoms with E-state index in [1.165, 1.54) is 0 Å². The highest BCUT2D eigenvalue weighted by Crippen LogP contribution is 2.38. The van der Waals surface area contributed by atoms with Crippen molar-refractivity contribution in [2.24, 2.45) is 5.73 Å². The lowest BCUT2D eigenvalue weighted by Gasteiger charge is -2.14. The Kier molecular flexibility index (Phi) is 4.42. The number of benzene rings is 2. The fraction of sp³-hybridized carbons (Fsp3) is 0. The van der Waals surface area contributed by atoms with Crippen molar-refractivity contribution in [1.82, 2.24) is 0 Å². The van der Waals surface area contributed by atoms with Gasteiger partial charge in [-0.25, -0.2) is 0 Å². The Morgan fingerprint density at radius 2 is 1.85 bits per heavy atom. The zero-order valence-electron chi connectivity index (χ0n) is 10.1. The largest absolute Gasteiger partial charge is 0.397 e. The van der Waals surface area contributed by atoms with Crippen molar-refractivity contribution in [2.75, 3.05) is 11.1 Å². The van der Waals surface area contributed by atoms with Gasteiger partial charge in [0, 0.05) is 4.47 Å². The molecule has 0 fully saturated rings. The molecule has 2 rings (SSSR count). The molecule has 0 aliphatic rings. The van der Waals surface area contributed by atoms with Crippen molar-refractivity contribution in [3.8, 4) is 0 Å². The zero-order valence-corrected chi connectivity index (χ0v) is 13.2. The van der Waals surface area contributed by atoms with Gasteiger partial charge in [-0.15, -0.1) is 0 Å². The van der Waals surface area contributed by atoms with Crippen LogP contribution in [-0.2, 0) is 0 Å². The molecule has 0 spiro atoms. The Hall–Kier alpha value is -1.43. The monoisotopic (exact) mass is 373 g/mol. The van der Waals surface area contributed by atoms with E-state index in [1.807, 2.05) is 0 Å². The van der Waals surface area contributed by atoms with Crippen LogP contribution in [0.3, 0.4) is 0 Å². The summed E-state index contributed by atoms with van der Waals surface area (Å²) < 4.78 is 0.672. The summed E-state index contributed by atoms with van der Waals surface area (Å²) in [5.74, 6) is -0.584. The van der Waals surface area contributed by atoms with Crippen LogP contribution in [0.4, 0.5) is 17.1 Å². The number of para-hydroxylation sites is 1. The number of rotatable bonds is 3. The van der Waals surface area contributed by atoms with E-state index in [2.05, 4.69) is 21.2 Å². The Morgan fingerprint density at radius 3 is 2.50 bits per heavy atom. The van der Waals surface area contributed by atoms with Gasteiger partial charge in [0.2, 0.25) is 0 Å². The van der Waals surface area contributed by atoms with E-state index in [9.17, 15) is 4.79 Å². The second kappa shape index (κ2) is 5.91. The van der Waals surface area contributed by atoms with Gasteiger partial charge in [0.05, 0.1) is 32.7 Å². The van der Waals surface area contributed by atoms with Crippen LogP contribution < -0.4 is 16.8 Å². The van der Waals surface area contributed by atoms with Crippen molar-refractivity contribution >= 4 is 62.1 Å². The van der Waals surface area contributed by atoms with E-state index < -0.39 is 5.91 Å². The topological polar surface area (TPSA) is 81.1 Å². The third-order valence-electron chi connectivity index (χ3n) is 2.66. The van der Waals surface area contributed by atoms with E-state index in [1.54, 1.807) is 30.3 Å². The molecule has 2 aromatic rings. The maximum atomic E-state index is 11.4. The average molecular weight is 375 g/mol. The summed E-state index contributed by atoms with van der Waals surface area (Å²) in [6.45, 7) is 0. The van der Waals surface area contributed by atoms with Gasteiger partial charge in [0.1, 0.15) is 0 Å². The van der Waals surface area contributed by atoms with Gasteiger partial charge in [-0.1, -0.05) is 29.3 Å². The van der Waals surface area contributed by atoms with E-state index in [-0.39, 0.29) is 5.56 Å². The summed E-state index contributed by atoms with van der Waals surface area (Å²) in [4.78, 5) is 11.4. The van der Waals surface area contributed by atoms with Crippen molar-refractivity contribution in [3.05, 3.63) is 50.4 Å². The zero-order chi connectivity index (χ0) is 14.9. The van der Waals surface area contributed by atoms with Gasteiger partial charge in [-0.3, -0.25) is 4.79 Å². The lowest BCUT2D eigenvalue weighted by Crippen LogP contribution is -2.14. The standard InChI is InChI=1S/C13H10BrCl2N3O/c14-7-4-5-9(11(16)10(7)15)19-12-6(13(18)20)2-1-3-8(12)17/h1-5,19H,17H2,(H2,18,20). The lowest BCUT2D eigenvalue weighted by atomic mass is 10.1. The van der Waals surface area contributed by atoms with Crippen molar-refractivity contribution in [2.45, 2.75) is 0 Å². The summed E-state index contributed by atoms with van der Waals surface area (Å²) in [5, 5.41) is 3.68. The molecule has 0 heterocycles. The molecule has 7 heteroatoms. The number of amides is 1. The van der Waals surface area contributed by atoms with Crippen LogP contribution >= 0.6 is 39.1 Å². The minimum Gasteiger partial charge on any atom is -0.397 e. The van der Waals surface area contributed by atoms with Gasteiger partial charge in [0.25, 0.3) is 5.91 Å². The smallest absolute Gasteiger partial charge is 0.250 e. The van der Waals surface area contributed by atoms with E-state index in [4.69, 9.17) is 34.7 Å². The van der Waals surface area contributed by atoms with Crippen LogP contribution in [0.15, 0.2) is 34.8 Å². The molecule has 0 saturated heterocycles. The number of anilines is 3. The molecular formula is C13H10BrCl2N3O. The van der Waals surface area contributed by atoms with E-state index in [0.29, 0.717) is 31.6 Å². The fourth-order valence-corrected chi connectivity index (χ4v) is 2.49. The summed E-state index contributed by atoms with van der Waals surface area (Å²) in [7, 11) is 0. The second-order valence-corrected chi connectivity index (χ2v) is 5.59. The number of carbonyl (C=O) groups excluding carboxylic acids is 1. The molecule has 5 N–H and O–H groups in total. The van der Waals surface area contributed by atoms with Crippen LogP contribution in [0.1, 0.15) is 10.4 Å². The summed E-state index contributed by atoms with van der Waals surface area (Å²) in [5.41, 5.74) is 12.8. The summed E-state index contributed by atoms with van der Waals surface area (Å²) in [6, 6.07) is 8.34. The predicted octanol–water partition coefficient (Wildman–Crippen LogP) is 4.18. The quantitative estimate of drug-likeness (QED) is 0.556. The molecular weight excluding hydrogens is 365 g/mol. The number of nitrogens with two attached hydrogens (primary N) is 2. The minimum atomic E-state index is -0.584. The Morgan fingerprint density at radius 1 is 1.15 bits per heavy atom. The van der Waals surface area contributed by atoms with Gasteiger partial charge in [-0.05, 0) is 40.2 Å². The highest BCUT2D eigenvalue weighted by molar-refractivity contribution is 9.10. The first-order chi connectivity index (χ1) is 9.41. The van der Waals surface area contributed by atoms with Crippen LogP contribution in [0.2, 0.25) is 10.0 Å². The average Bonchev–Trinajstić information content (AvgIpc) is 2.41. The van der Waals surface area contributed by atoms with Gasteiger partial charge < -0.3 is 16.8 Å². The number of nitrogen functional groups attached to an aromatic ring is 1. The number of hydrogen-bond acceptors (Lipinski definition) is 3. The normalized spacial score (nSPS) is 10.3. The first-order valence-corrected chi connectivity index (χ1v) is 7.05. The highest BCUT2D eigenvalue weighted by atomic mass is 79.9. The van der Waals surface area contributed by atoms with Crippen molar-refractivity contribution in [3.63, 3.8) is 0 Å². The predicted molar refractivity (Wildman–Crippen MR) is 86.8 cm³/mol. The molecule has 0 aromatic heterocycles. The molecule has 20 heavy (non-hydrogen) atoms. The highest BCUT2D eigenvalue weighted by Gasteiger charge is 2.14. The van der Waals surface area contributed by atoms with E-state index in [0.717, 1.165) is 0 Å². The van der Waals surface area contributed by atoms with Gasteiger partial charge >= 0.3 is 0 Å². The Balaban J connectivity index is 2.51. The van der Waals surface area contributed by atoms with E-state index >= 15 is 0 Å². The van der Waals surface area contributed by atoms with Crippen LogP contribution in [-0.4, -0.2) is 5.91 Å². The molecule has 0 saturated carbocycles. The number of hydrogen-bond donors (Lipinski definition) is 3. The van der Waals surface area contributed by atoms with Crippen LogP contribution in [0.5, 0.6) is 0 Å². The third-order valence-corrected chi connectivity index (χ3v) is 4.43. The fourth-order valence-electron chi connectivity index (χ4n) is 1.67. The SMILES string of the molecule is NC(=O)c1cccc(N)c1Nc1ccc(Br)c(Cl)c1Cl. The van der Waals surface area contributed by atoms with Crippen molar-refractivity contribution < 1.29 is 4.79 Å². The second-order valence-electron chi connectivity index (χ2n) is 3.98. The van der Waals surface area contributed by atoms with Gasteiger partial charge in [0.15, 0.2) is 0 Å². The first kappa shape index (κ1) is 15.0. The molecule has 0 radical (unpaired) electrons. The maximum Gasteiger partial charge on any atom is 0.250 e.